The molecule has 0 radical (unpaired) electrons. The summed E-state index contributed by atoms with van der Waals surface area (Å²) >= 11 is 3.36. The molecule has 0 aromatic heterocycles. The summed E-state index contributed by atoms with van der Waals surface area (Å²) < 4.78 is 35.5. The van der Waals surface area contributed by atoms with Crippen molar-refractivity contribution in [2.45, 2.75) is 24.9 Å². The molecule has 0 aliphatic carbocycles. The summed E-state index contributed by atoms with van der Waals surface area (Å²) in [7, 11) is 1.83. The van der Waals surface area contributed by atoms with Gasteiger partial charge in [0.2, 0.25) is 0 Å². The second-order valence-corrected chi connectivity index (χ2v) is 5.38. The van der Waals surface area contributed by atoms with Crippen LogP contribution in [0.1, 0.15) is 13.8 Å². The second kappa shape index (κ2) is 5.61. The van der Waals surface area contributed by atoms with Gasteiger partial charge in [0.05, 0.1) is 0 Å². The van der Waals surface area contributed by atoms with E-state index in [0.717, 1.165) is 5.33 Å². The van der Waals surface area contributed by atoms with E-state index in [2.05, 4.69) is 15.9 Å². The minimum Gasteiger partial charge on any atom is -0.300 e. The van der Waals surface area contributed by atoms with Crippen molar-refractivity contribution in [2.75, 3.05) is 24.7 Å². The normalized spacial score (nSPS) is 13.7. The van der Waals surface area contributed by atoms with Gasteiger partial charge in [-0.3, -0.25) is 4.90 Å². The van der Waals surface area contributed by atoms with Gasteiger partial charge >= 0.3 is 5.51 Å². The Morgan fingerprint density at radius 2 is 1.79 bits per heavy atom. The van der Waals surface area contributed by atoms with Gasteiger partial charge in [-0.25, -0.2) is 0 Å². The summed E-state index contributed by atoms with van der Waals surface area (Å²) in [6.45, 7) is 4.41. The maximum Gasteiger partial charge on any atom is 0.441 e. The molecule has 0 rings (SSSR count). The molecule has 0 spiro atoms. The smallest absolute Gasteiger partial charge is 0.300 e. The number of rotatable bonds is 5. The predicted octanol–water partition coefficient (Wildman–Crippen LogP) is 3.34. The fourth-order valence-corrected chi connectivity index (χ4v) is 1.73. The minimum atomic E-state index is -4.11. The van der Waals surface area contributed by atoms with Crippen LogP contribution < -0.4 is 0 Å². The number of halogens is 4. The van der Waals surface area contributed by atoms with E-state index in [9.17, 15) is 13.2 Å². The van der Waals surface area contributed by atoms with Crippen LogP contribution in [0.4, 0.5) is 13.2 Å². The predicted molar refractivity (Wildman–Crippen MR) is 59.0 cm³/mol. The molecule has 0 unspecified atom stereocenters. The molecule has 0 heterocycles. The highest BCUT2D eigenvalue weighted by Gasteiger charge is 2.29. The van der Waals surface area contributed by atoms with E-state index >= 15 is 0 Å². The number of alkyl halides is 4. The molecule has 1 nitrogen and oxygen atoms in total. The molecule has 14 heavy (non-hydrogen) atoms. The van der Waals surface area contributed by atoms with Crippen LogP contribution in [0.2, 0.25) is 0 Å². The first-order valence-corrected chi connectivity index (χ1v) is 6.27. The molecule has 0 saturated carbocycles. The van der Waals surface area contributed by atoms with Gasteiger partial charge in [-0.2, -0.15) is 13.2 Å². The third-order valence-electron chi connectivity index (χ3n) is 2.05. The van der Waals surface area contributed by atoms with Crippen LogP contribution in [-0.2, 0) is 0 Å². The zero-order chi connectivity index (χ0) is 11.4. The Bertz CT molecular complexity index is 172. The molecule has 0 aromatic carbocycles. The Labute approximate surface area is 95.5 Å². The van der Waals surface area contributed by atoms with Crippen molar-refractivity contribution in [1.29, 1.82) is 0 Å². The zero-order valence-electron chi connectivity index (χ0n) is 8.49. The lowest BCUT2D eigenvalue weighted by Gasteiger charge is -2.33. The molecule has 0 aromatic rings. The van der Waals surface area contributed by atoms with E-state index in [1.54, 1.807) is 0 Å². The van der Waals surface area contributed by atoms with Crippen LogP contribution in [0.25, 0.3) is 0 Å². The monoisotopic (exact) mass is 293 g/mol. The molecule has 0 N–H and O–H groups in total. The third kappa shape index (κ3) is 6.14. The molecule has 0 amide bonds. The Balaban J connectivity index is 3.80. The fraction of sp³-hybridized carbons (Fsp3) is 1.00. The SMILES string of the molecule is CN(CCSC(F)(F)F)C(C)(C)CBr. The fourth-order valence-electron chi connectivity index (χ4n) is 0.703. The molecule has 0 aliphatic rings. The highest BCUT2D eigenvalue weighted by atomic mass is 79.9. The molecule has 0 fully saturated rings. The summed E-state index contributed by atoms with van der Waals surface area (Å²) in [6, 6.07) is 0. The average molecular weight is 294 g/mol. The summed E-state index contributed by atoms with van der Waals surface area (Å²) in [5.41, 5.74) is -4.22. The van der Waals surface area contributed by atoms with Crippen LogP contribution in [0.5, 0.6) is 0 Å². The Morgan fingerprint density at radius 3 is 2.14 bits per heavy atom. The second-order valence-electron chi connectivity index (χ2n) is 3.66. The van der Waals surface area contributed by atoms with E-state index in [4.69, 9.17) is 0 Å². The summed E-state index contributed by atoms with van der Waals surface area (Å²) in [4.78, 5) is 1.92. The van der Waals surface area contributed by atoms with E-state index in [1.807, 2.05) is 25.8 Å². The van der Waals surface area contributed by atoms with E-state index < -0.39 is 5.51 Å². The summed E-state index contributed by atoms with van der Waals surface area (Å²) in [6.07, 6.45) is 0. The molecule has 0 atom stereocenters. The van der Waals surface area contributed by atoms with Crippen LogP contribution in [0, 0.1) is 0 Å². The van der Waals surface area contributed by atoms with Crippen molar-refractivity contribution in [3.8, 4) is 0 Å². The molecular formula is C8H15BrF3NS. The highest BCUT2D eigenvalue weighted by Crippen LogP contribution is 2.30. The third-order valence-corrected chi connectivity index (χ3v) is 4.14. The quantitative estimate of drug-likeness (QED) is 0.715. The van der Waals surface area contributed by atoms with Gasteiger partial charge in [-0.1, -0.05) is 15.9 Å². The Hall–Kier alpha value is 0.580. The van der Waals surface area contributed by atoms with Crippen molar-refractivity contribution >= 4 is 27.7 Å². The van der Waals surface area contributed by atoms with E-state index in [0.29, 0.717) is 6.54 Å². The minimum absolute atomic E-state index is 0.0315. The standard InChI is InChI=1S/C8H15BrF3NS/c1-7(2,6-9)13(3)4-5-14-8(10,11)12/h4-6H2,1-3H3. The Morgan fingerprint density at radius 1 is 1.29 bits per heavy atom. The van der Waals surface area contributed by atoms with Crippen molar-refractivity contribution in [1.82, 2.24) is 4.90 Å². The molecule has 0 saturated heterocycles. The van der Waals surface area contributed by atoms with Gasteiger partial charge in [0.25, 0.3) is 0 Å². The molecule has 0 aliphatic heterocycles. The number of thioether (sulfide) groups is 1. The molecular weight excluding hydrogens is 279 g/mol. The van der Waals surface area contributed by atoms with Crippen molar-refractivity contribution in [2.24, 2.45) is 0 Å². The van der Waals surface area contributed by atoms with Crippen LogP contribution in [0.3, 0.4) is 0 Å². The zero-order valence-corrected chi connectivity index (χ0v) is 10.9. The van der Waals surface area contributed by atoms with E-state index in [-0.39, 0.29) is 23.1 Å². The topological polar surface area (TPSA) is 3.24 Å². The first-order chi connectivity index (χ1) is 6.19. The Kier molecular flexibility index (Phi) is 5.84. The van der Waals surface area contributed by atoms with Crippen LogP contribution in [-0.4, -0.2) is 40.6 Å². The number of nitrogens with zero attached hydrogens (tertiary/aromatic N) is 1. The van der Waals surface area contributed by atoms with Gasteiger partial charge < -0.3 is 0 Å². The van der Waals surface area contributed by atoms with Gasteiger partial charge in [0.1, 0.15) is 0 Å². The summed E-state index contributed by atoms with van der Waals surface area (Å²) in [5.74, 6) is 0.0798. The maximum absolute atomic E-state index is 11.8. The first kappa shape index (κ1) is 14.6. The van der Waals surface area contributed by atoms with Gasteiger partial charge in [0, 0.05) is 23.2 Å². The van der Waals surface area contributed by atoms with Gasteiger partial charge in [0.15, 0.2) is 0 Å². The number of hydrogen-bond donors (Lipinski definition) is 0. The van der Waals surface area contributed by atoms with Crippen LogP contribution >= 0.6 is 27.7 Å². The largest absolute Gasteiger partial charge is 0.441 e. The molecule has 86 valence electrons. The van der Waals surface area contributed by atoms with Gasteiger partial charge in [-0.15, -0.1) is 0 Å². The first-order valence-electron chi connectivity index (χ1n) is 4.17. The lowest BCUT2D eigenvalue weighted by molar-refractivity contribution is -0.0329. The molecule has 0 bridgehead atoms. The maximum atomic E-state index is 11.8. The van der Waals surface area contributed by atoms with Crippen molar-refractivity contribution < 1.29 is 13.2 Å². The number of hydrogen-bond acceptors (Lipinski definition) is 2. The summed E-state index contributed by atoms with van der Waals surface area (Å²) in [5, 5.41) is 0.743. The highest BCUT2D eigenvalue weighted by molar-refractivity contribution is 9.09. The van der Waals surface area contributed by atoms with Crippen LogP contribution in [0.15, 0.2) is 0 Å². The van der Waals surface area contributed by atoms with Crippen molar-refractivity contribution in [3.05, 3.63) is 0 Å². The lowest BCUT2D eigenvalue weighted by Crippen LogP contribution is -2.43. The van der Waals surface area contributed by atoms with Crippen molar-refractivity contribution in [3.63, 3.8) is 0 Å². The van der Waals surface area contributed by atoms with Gasteiger partial charge in [-0.05, 0) is 32.7 Å². The van der Waals surface area contributed by atoms with E-state index in [1.165, 1.54) is 0 Å². The average Bonchev–Trinajstić information content (AvgIpc) is 2.02. The molecule has 6 heteroatoms. The lowest BCUT2D eigenvalue weighted by atomic mass is 10.1.